The van der Waals surface area contributed by atoms with Gasteiger partial charge in [0.15, 0.2) is 0 Å². The van der Waals surface area contributed by atoms with E-state index in [0.29, 0.717) is 5.56 Å². The lowest BCUT2D eigenvalue weighted by atomic mass is 9.86. The van der Waals surface area contributed by atoms with E-state index >= 15 is 0 Å². The molecule has 176 valence electrons. The van der Waals surface area contributed by atoms with Crippen molar-refractivity contribution in [3.8, 4) is 0 Å². The summed E-state index contributed by atoms with van der Waals surface area (Å²) in [4.78, 5) is 12.7. The van der Waals surface area contributed by atoms with Crippen LogP contribution in [-0.2, 0) is 15.6 Å². The fraction of sp³-hybridized carbons (Fsp3) is 0.281. The molecule has 0 amide bonds. The summed E-state index contributed by atoms with van der Waals surface area (Å²) in [6.45, 7) is 13.2. The Bertz CT molecular complexity index is 1090. The van der Waals surface area contributed by atoms with Crippen molar-refractivity contribution in [1.29, 1.82) is 0 Å². The fourth-order valence-electron chi connectivity index (χ4n) is 3.76. The van der Waals surface area contributed by atoms with Gasteiger partial charge in [-0.1, -0.05) is 133 Å². The number of hydrogen-bond acceptors (Lipinski definition) is 2. The van der Waals surface area contributed by atoms with Crippen molar-refractivity contribution in [3.05, 3.63) is 106 Å². The van der Waals surface area contributed by atoms with Gasteiger partial charge in [0.1, 0.15) is 0 Å². The molecule has 0 atom stereocenters. The Labute approximate surface area is 205 Å². The zero-order chi connectivity index (χ0) is 24.9. The van der Waals surface area contributed by atoms with E-state index in [9.17, 15) is 4.79 Å². The SMILES string of the molecule is COC(=O)c1c(/C=C/c2ccc(C(C)(C)C)cc2)cccc1/C=C/c1ccc(C(C)(C)C)cc1. The van der Waals surface area contributed by atoms with Gasteiger partial charge in [-0.2, -0.15) is 0 Å². The second kappa shape index (κ2) is 10.3. The van der Waals surface area contributed by atoms with E-state index < -0.39 is 0 Å². The van der Waals surface area contributed by atoms with Gasteiger partial charge < -0.3 is 4.74 Å². The molecule has 0 fully saturated rings. The van der Waals surface area contributed by atoms with E-state index in [2.05, 4.69) is 90.1 Å². The highest BCUT2D eigenvalue weighted by molar-refractivity contribution is 5.99. The van der Waals surface area contributed by atoms with Crippen molar-refractivity contribution in [3.63, 3.8) is 0 Å². The summed E-state index contributed by atoms with van der Waals surface area (Å²) in [7, 11) is 1.42. The Kier molecular flexibility index (Phi) is 7.61. The molecular formula is C32H36O2. The third kappa shape index (κ3) is 6.35. The Morgan fingerprint density at radius 1 is 0.618 bits per heavy atom. The van der Waals surface area contributed by atoms with Crippen LogP contribution in [-0.4, -0.2) is 13.1 Å². The van der Waals surface area contributed by atoms with E-state index in [1.807, 2.05) is 42.5 Å². The van der Waals surface area contributed by atoms with Gasteiger partial charge in [0.05, 0.1) is 12.7 Å². The standard InChI is InChI=1S/C32H36O2/c1-31(2,3)27-19-13-23(14-20-27)11-17-25-9-8-10-26(29(25)30(33)34-7)18-12-24-15-21-28(22-16-24)32(4,5)6/h8-22H,1-7H3/b17-11+,18-12+. The number of ether oxygens (including phenoxy) is 1. The number of esters is 1. The van der Waals surface area contributed by atoms with Gasteiger partial charge >= 0.3 is 5.97 Å². The third-order valence-corrected chi connectivity index (χ3v) is 5.98. The van der Waals surface area contributed by atoms with E-state index in [1.165, 1.54) is 18.2 Å². The van der Waals surface area contributed by atoms with Crippen LogP contribution in [0.3, 0.4) is 0 Å². The van der Waals surface area contributed by atoms with E-state index in [0.717, 1.165) is 22.3 Å². The molecule has 0 saturated heterocycles. The summed E-state index contributed by atoms with van der Waals surface area (Å²) in [5, 5.41) is 0. The molecule has 0 radical (unpaired) electrons. The Morgan fingerprint density at radius 3 is 1.32 bits per heavy atom. The Hall–Kier alpha value is -3.39. The van der Waals surface area contributed by atoms with Crippen molar-refractivity contribution >= 4 is 30.3 Å². The quantitative estimate of drug-likeness (QED) is 0.287. The molecule has 3 rings (SSSR count). The summed E-state index contributed by atoms with van der Waals surface area (Å²) >= 11 is 0. The molecule has 34 heavy (non-hydrogen) atoms. The largest absolute Gasteiger partial charge is 0.465 e. The van der Waals surface area contributed by atoms with Gasteiger partial charge in [-0.15, -0.1) is 0 Å². The molecule has 0 aliphatic heterocycles. The summed E-state index contributed by atoms with van der Waals surface area (Å²) in [6.07, 6.45) is 8.03. The Morgan fingerprint density at radius 2 is 1.00 bits per heavy atom. The second-order valence-electron chi connectivity index (χ2n) is 10.7. The maximum Gasteiger partial charge on any atom is 0.339 e. The van der Waals surface area contributed by atoms with E-state index in [1.54, 1.807) is 0 Å². The van der Waals surface area contributed by atoms with Crippen LogP contribution >= 0.6 is 0 Å². The zero-order valence-corrected chi connectivity index (χ0v) is 21.5. The highest BCUT2D eigenvalue weighted by atomic mass is 16.5. The van der Waals surface area contributed by atoms with Crippen LogP contribution in [0.4, 0.5) is 0 Å². The highest BCUT2D eigenvalue weighted by Crippen LogP contribution is 2.25. The van der Waals surface area contributed by atoms with Crippen LogP contribution < -0.4 is 0 Å². The molecule has 2 heteroatoms. The molecule has 0 aliphatic carbocycles. The van der Waals surface area contributed by atoms with E-state index in [-0.39, 0.29) is 16.8 Å². The zero-order valence-electron chi connectivity index (χ0n) is 21.5. The van der Waals surface area contributed by atoms with Crippen LogP contribution in [0.5, 0.6) is 0 Å². The summed E-state index contributed by atoms with van der Waals surface area (Å²) in [5.74, 6) is -0.342. The average molecular weight is 453 g/mol. The van der Waals surface area contributed by atoms with Gasteiger partial charge in [-0.3, -0.25) is 0 Å². The minimum absolute atomic E-state index is 0.119. The monoisotopic (exact) mass is 452 g/mol. The summed E-state index contributed by atoms with van der Waals surface area (Å²) in [6, 6.07) is 22.9. The van der Waals surface area contributed by atoms with Crippen molar-refractivity contribution in [2.75, 3.05) is 7.11 Å². The van der Waals surface area contributed by atoms with Gasteiger partial charge in [0, 0.05) is 0 Å². The Balaban J connectivity index is 1.91. The van der Waals surface area contributed by atoms with Gasteiger partial charge in [0.25, 0.3) is 0 Å². The van der Waals surface area contributed by atoms with Crippen molar-refractivity contribution in [2.45, 2.75) is 52.4 Å². The summed E-state index contributed by atoms with van der Waals surface area (Å²) in [5.41, 5.74) is 7.23. The lowest BCUT2D eigenvalue weighted by Gasteiger charge is -2.18. The van der Waals surface area contributed by atoms with Crippen LogP contribution in [0.25, 0.3) is 24.3 Å². The normalized spacial score (nSPS) is 12.4. The number of carbonyl (C=O) groups is 1. The number of rotatable bonds is 5. The van der Waals surface area contributed by atoms with Gasteiger partial charge in [0.2, 0.25) is 0 Å². The molecule has 0 bridgehead atoms. The first-order valence-corrected chi connectivity index (χ1v) is 11.8. The molecular weight excluding hydrogens is 416 g/mol. The molecule has 2 nitrogen and oxygen atoms in total. The van der Waals surface area contributed by atoms with Crippen LogP contribution in [0.1, 0.15) is 85.3 Å². The fourth-order valence-corrected chi connectivity index (χ4v) is 3.76. The lowest BCUT2D eigenvalue weighted by molar-refractivity contribution is 0.0600. The van der Waals surface area contributed by atoms with Crippen molar-refractivity contribution < 1.29 is 9.53 Å². The van der Waals surface area contributed by atoms with Crippen LogP contribution in [0.2, 0.25) is 0 Å². The van der Waals surface area contributed by atoms with Crippen molar-refractivity contribution in [1.82, 2.24) is 0 Å². The first-order valence-electron chi connectivity index (χ1n) is 11.8. The molecule has 0 saturated carbocycles. The molecule has 3 aromatic carbocycles. The first-order chi connectivity index (χ1) is 16.0. The highest BCUT2D eigenvalue weighted by Gasteiger charge is 2.15. The number of carbonyl (C=O) groups excluding carboxylic acids is 1. The topological polar surface area (TPSA) is 26.3 Å². The molecule has 0 heterocycles. The molecule has 0 aromatic heterocycles. The minimum Gasteiger partial charge on any atom is -0.465 e. The summed E-state index contributed by atoms with van der Waals surface area (Å²) < 4.78 is 5.12. The maximum absolute atomic E-state index is 12.7. The predicted molar refractivity (Wildman–Crippen MR) is 146 cm³/mol. The maximum atomic E-state index is 12.7. The van der Waals surface area contributed by atoms with Crippen molar-refractivity contribution in [2.24, 2.45) is 0 Å². The smallest absolute Gasteiger partial charge is 0.339 e. The van der Waals surface area contributed by atoms with Gasteiger partial charge in [-0.25, -0.2) is 4.79 Å². The second-order valence-corrected chi connectivity index (χ2v) is 10.7. The number of hydrogen-bond donors (Lipinski definition) is 0. The molecule has 0 unspecified atom stereocenters. The lowest BCUT2D eigenvalue weighted by Crippen LogP contribution is -2.10. The first kappa shape index (κ1) is 25.2. The predicted octanol–water partition coefficient (Wildman–Crippen LogP) is 8.41. The minimum atomic E-state index is -0.342. The average Bonchev–Trinajstić information content (AvgIpc) is 2.80. The molecule has 3 aromatic rings. The van der Waals surface area contributed by atoms with Crippen LogP contribution in [0, 0.1) is 0 Å². The molecule has 0 N–H and O–H groups in total. The third-order valence-electron chi connectivity index (χ3n) is 5.98. The van der Waals surface area contributed by atoms with Crippen LogP contribution in [0.15, 0.2) is 66.7 Å². The van der Waals surface area contributed by atoms with Gasteiger partial charge in [-0.05, 0) is 44.2 Å². The number of benzene rings is 3. The van der Waals surface area contributed by atoms with E-state index in [4.69, 9.17) is 4.74 Å². The number of methoxy groups -OCH3 is 1. The molecule has 0 spiro atoms. The molecule has 0 aliphatic rings.